The number of hydrogen-bond acceptors (Lipinski definition) is 4. The minimum absolute atomic E-state index is 0.0363. The Bertz CT molecular complexity index is 686. The first kappa shape index (κ1) is 15.6. The van der Waals surface area contributed by atoms with Crippen LogP contribution in [0.25, 0.3) is 0 Å². The fraction of sp³-hybridized carbons (Fsp3) is 0.250. The zero-order chi connectivity index (χ0) is 16.1. The molecule has 1 aromatic carbocycles. The molecule has 6 nitrogen and oxygen atoms in total. The van der Waals surface area contributed by atoms with Gasteiger partial charge in [0.1, 0.15) is 0 Å². The van der Waals surface area contributed by atoms with Crippen molar-refractivity contribution in [1.82, 2.24) is 9.88 Å². The summed E-state index contributed by atoms with van der Waals surface area (Å²) in [6, 6.07) is 8.26. The summed E-state index contributed by atoms with van der Waals surface area (Å²) in [5, 5.41) is 11.0. The third-order valence-corrected chi connectivity index (χ3v) is 3.52. The maximum absolute atomic E-state index is 12.7. The first-order valence-electron chi connectivity index (χ1n) is 6.96. The normalized spacial score (nSPS) is 10.3. The zero-order valence-corrected chi connectivity index (χ0v) is 12.5. The maximum atomic E-state index is 12.7. The second-order valence-electron chi connectivity index (χ2n) is 4.88. The molecule has 1 aromatic heterocycles. The van der Waals surface area contributed by atoms with Crippen LogP contribution in [0.15, 0.2) is 42.7 Å². The molecule has 1 amide bonds. The lowest BCUT2D eigenvalue weighted by molar-refractivity contribution is -0.385. The molecule has 0 N–H and O–H groups in total. The molecule has 22 heavy (non-hydrogen) atoms. The van der Waals surface area contributed by atoms with Gasteiger partial charge in [-0.2, -0.15) is 0 Å². The molecule has 1 heterocycles. The Morgan fingerprint density at radius 1 is 1.27 bits per heavy atom. The summed E-state index contributed by atoms with van der Waals surface area (Å²) >= 11 is 0. The molecule has 114 valence electrons. The highest BCUT2D eigenvalue weighted by atomic mass is 16.6. The molecule has 2 rings (SSSR count). The SMILES string of the molecule is CCN(Cc1ccncc1)C(=O)c1cccc([N+](=O)[O-])c1C. The lowest BCUT2D eigenvalue weighted by atomic mass is 10.1. The van der Waals surface area contributed by atoms with Crippen molar-refractivity contribution in [3.63, 3.8) is 0 Å². The van der Waals surface area contributed by atoms with E-state index in [9.17, 15) is 14.9 Å². The van der Waals surface area contributed by atoms with Crippen molar-refractivity contribution in [2.24, 2.45) is 0 Å². The maximum Gasteiger partial charge on any atom is 0.273 e. The molecule has 0 atom stereocenters. The van der Waals surface area contributed by atoms with Gasteiger partial charge in [-0.1, -0.05) is 6.07 Å². The summed E-state index contributed by atoms with van der Waals surface area (Å²) in [4.78, 5) is 28.8. The number of amides is 1. The molecule has 0 aliphatic carbocycles. The van der Waals surface area contributed by atoms with Crippen LogP contribution < -0.4 is 0 Å². The van der Waals surface area contributed by atoms with Crippen LogP contribution in [0, 0.1) is 17.0 Å². The molecule has 6 heteroatoms. The van der Waals surface area contributed by atoms with Gasteiger partial charge in [0.25, 0.3) is 11.6 Å². The topological polar surface area (TPSA) is 76.3 Å². The number of aromatic nitrogens is 1. The van der Waals surface area contributed by atoms with Crippen LogP contribution >= 0.6 is 0 Å². The summed E-state index contributed by atoms with van der Waals surface area (Å²) in [7, 11) is 0. The first-order valence-corrected chi connectivity index (χ1v) is 6.96. The van der Waals surface area contributed by atoms with Crippen molar-refractivity contribution >= 4 is 11.6 Å². The van der Waals surface area contributed by atoms with E-state index in [1.54, 1.807) is 36.4 Å². The average molecular weight is 299 g/mol. The molecule has 0 saturated carbocycles. The van der Waals surface area contributed by atoms with Gasteiger partial charge in [0.15, 0.2) is 0 Å². The van der Waals surface area contributed by atoms with Gasteiger partial charge in [0.2, 0.25) is 0 Å². The number of nitro benzene ring substituents is 1. The number of pyridine rings is 1. The smallest absolute Gasteiger partial charge is 0.273 e. The molecular weight excluding hydrogens is 282 g/mol. The summed E-state index contributed by atoms with van der Waals surface area (Å²) in [5.74, 6) is -0.208. The van der Waals surface area contributed by atoms with Gasteiger partial charge in [-0.25, -0.2) is 0 Å². The third-order valence-electron chi connectivity index (χ3n) is 3.52. The minimum atomic E-state index is -0.467. The number of carbonyl (C=O) groups excluding carboxylic acids is 1. The number of hydrogen-bond donors (Lipinski definition) is 0. The van der Waals surface area contributed by atoms with E-state index >= 15 is 0 Å². The molecule has 0 bridgehead atoms. The van der Waals surface area contributed by atoms with Gasteiger partial charge < -0.3 is 4.90 Å². The van der Waals surface area contributed by atoms with E-state index in [0.29, 0.717) is 24.2 Å². The van der Waals surface area contributed by atoms with Gasteiger partial charge in [0.05, 0.1) is 4.92 Å². The van der Waals surface area contributed by atoms with Crippen molar-refractivity contribution < 1.29 is 9.72 Å². The Kier molecular flexibility index (Phi) is 4.83. The number of nitro groups is 1. The number of carbonyl (C=O) groups is 1. The van der Waals surface area contributed by atoms with Crippen molar-refractivity contribution in [3.8, 4) is 0 Å². The van der Waals surface area contributed by atoms with Crippen LogP contribution in [0.5, 0.6) is 0 Å². The Labute approximate surface area is 128 Å². The van der Waals surface area contributed by atoms with Crippen molar-refractivity contribution in [3.05, 3.63) is 69.5 Å². The monoisotopic (exact) mass is 299 g/mol. The second kappa shape index (κ2) is 6.80. The summed E-state index contributed by atoms with van der Waals surface area (Å²) in [6.45, 7) is 4.45. The van der Waals surface area contributed by atoms with Crippen molar-refractivity contribution in [2.75, 3.05) is 6.54 Å². The molecule has 0 aliphatic rings. The van der Waals surface area contributed by atoms with Gasteiger partial charge in [-0.05, 0) is 37.6 Å². The van der Waals surface area contributed by atoms with E-state index in [-0.39, 0.29) is 11.6 Å². The molecule has 0 fully saturated rings. The van der Waals surface area contributed by atoms with E-state index in [1.807, 2.05) is 19.1 Å². The predicted molar refractivity (Wildman–Crippen MR) is 82.5 cm³/mol. The minimum Gasteiger partial charge on any atom is -0.335 e. The van der Waals surface area contributed by atoms with Crippen LogP contribution in [0.3, 0.4) is 0 Å². The van der Waals surface area contributed by atoms with Gasteiger partial charge >= 0.3 is 0 Å². The van der Waals surface area contributed by atoms with Crippen molar-refractivity contribution in [2.45, 2.75) is 20.4 Å². The fourth-order valence-corrected chi connectivity index (χ4v) is 2.26. The van der Waals surface area contributed by atoms with E-state index in [2.05, 4.69) is 4.98 Å². The van der Waals surface area contributed by atoms with Crippen LogP contribution in [-0.2, 0) is 6.54 Å². The first-order chi connectivity index (χ1) is 10.5. The average Bonchev–Trinajstić information content (AvgIpc) is 2.53. The molecule has 0 unspecified atom stereocenters. The van der Waals surface area contributed by atoms with Crippen molar-refractivity contribution in [1.29, 1.82) is 0 Å². The Balaban J connectivity index is 2.29. The van der Waals surface area contributed by atoms with E-state index in [1.165, 1.54) is 6.07 Å². The molecule has 0 saturated heterocycles. The summed E-state index contributed by atoms with van der Waals surface area (Å²) in [6.07, 6.45) is 3.35. The van der Waals surface area contributed by atoms with Crippen LogP contribution in [0.2, 0.25) is 0 Å². The fourth-order valence-electron chi connectivity index (χ4n) is 2.26. The molecule has 0 spiro atoms. The molecule has 2 aromatic rings. The predicted octanol–water partition coefficient (Wildman–Crippen LogP) is 2.96. The van der Waals surface area contributed by atoms with Crippen LogP contribution in [0.1, 0.15) is 28.4 Å². The summed E-state index contributed by atoms with van der Waals surface area (Å²) < 4.78 is 0. The standard InChI is InChI=1S/C16H17N3O3/c1-3-18(11-13-7-9-17-10-8-13)16(20)14-5-4-6-15(12(14)2)19(21)22/h4-10H,3,11H2,1-2H3. The summed E-state index contributed by atoms with van der Waals surface area (Å²) in [5.41, 5.74) is 1.69. The highest BCUT2D eigenvalue weighted by Crippen LogP contribution is 2.22. The van der Waals surface area contributed by atoms with E-state index in [4.69, 9.17) is 0 Å². The number of rotatable bonds is 5. The lowest BCUT2D eigenvalue weighted by Gasteiger charge is -2.21. The zero-order valence-electron chi connectivity index (χ0n) is 12.5. The third kappa shape index (κ3) is 3.28. The quantitative estimate of drug-likeness (QED) is 0.628. The second-order valence-corrected chi connectivity index (χ2v) is 4.88. The number of benzene rings is 1. The largest absolute Gasteiger partial charge is 0.335 e. The molecule has 0 aliphatic heterocycles. The van der Waals surface area contributed by atoms with Crippen LogP contribution in [-0.4, -0.2) is 27.3 Å². The van der Waals surface area contributed by atoms with Crippen LogP contribution in [0.4, 0.5) is 5.69 Å². The molecular formula is C16H17N3O3. The van der Waals surface area contributed by atoms with Gasteiger partial charge in [0, 0.05) is 42.7 Å². The number of nitrogens with zero attached hydrogens (tertiary/aromatic N) is 3. The van der Waals surface area contributed by atoms with Gasteiger partial charge in [-0.3, -0.25) is 19.9 Å². The highest BCUT2D eigenvalue weighted by Gasteiger charge is 2.21. The highest BCUT2D eigenvalue weighted by molar-refractivity contribution is 5.96. The Hall–Kier alpha value is -2.76. The van der Waals surface area contributed by atoms with E-state index in [0.717, 1.165) is 5.56 Å². The Morgan fingerprint density at radius 3 is 2.55 bits per heavy atom. The lowest BCUT2D eigenvalue weighted by Crippen LogP contribution is -2.31. The van der Waals surface area contributed by atoms with Gasteiger partial charge in [-0.15, -0.1) is 0 Å². The van der Waals surface area contributed by atoms with E-state index < -0.39 is 4.92 Å². The Morgan fingerprint density at radius 2 is 1.95 bits per heavy atom. The molecule has 0 radical (unpaired) electrons.